The van der Waals surface area contributed by atoms with Gasteiger partial charge in [-0.2, -0.15) is 0 Å². The molecular weight excluding hydrogens is 341 g/mol. The summed E-state index contributed by atoms with van der Waals surface area (Å²) in [5.41, 5.74) is 1.68. The third-order valence-corrected chi connectivity index (χ3v) is 4.41. The van der Waals surface area contributed by atoms with Crippen molar-refractivity contribution < 1.29 is 18.6 Å². The van der Waals surface area contributed by atoms with Crippen LogP contribution in [-0.4, -0.2) is 18.7 Å². The third kappa shape index (κ3) is 4.09. The van der Waals surface area contributed by atoms with Crippen molar-refractivity contribution in [3.63, 3.8) is 0 Å². The molecule has 0 bridgehead atoms. The summed E-state index contributed by atoms with van der Waals surface area (Å²) in [6, 6.07) is 12.0. The molecule has 0 aliphatic heterocycles. The molecule has 6 heteroatoms. The highest BCUT2D eigenvalue weighted by Crippen LogP contribution is 2.34. The van der Waals surface area contributed by atoms with Crippen LogP contribution in [-0.2, 0) is 6.61 Å². The van der Waals surface area contributed by atoms with Gasteiger partial charge in [0.15, 0.2) is 23.1 Å². The van der Waals surface area contributed by atoms with Crippen molar-refractivity contribution >= 4 is 11.3 Å². The van der Waals surface area contributed by atoms with Gasteiger partial charge >= 0.3 is 0 Å². The number of hydrogen-bond acceptors (Lipinski definition) is 5. The van der Waals surface area contributed by atoms with E-state index in [9.17, 15) is 4.39 Å². The number of aromatic nitrogens is 1. The van der Waals surface area contributed by atoms with Crippen LogP contribution in [0.4, 0.5) is 4.39 Å². The molecule has 2 aromatic carbocycles. The predicted molar refractivity (Wildman–Crippen MR) is 96.0 cm³/mol. The quantitative estimate of drug-likeness (QED) is 0.599. The highest BCUT2D eigenvalue weighted by Gasteiger charge is 2.11. The minimum Gasteiger partial charge on any atom is -0.493 e. The highest BCUT2D eigenvalue weighted by atomic mass is 32.1. The Balaban J connectivity index is 1.74. The maximum absolute atomic E-state index is 13.6. The molecule has 0 unspecified atom stereocenters. The number of hydrogen-bond donors (Lipinski definition) is 0. The highest BCUT2D eigenvalue weighted by molar-refractivity contribution is 7.13. The first-order chi connectivity index (χ1) is 12.2. The molecule has 0 amide bonds. The predicted octanol–water partition coefficient (Wildman–Crippen LogP) is 4.94. The maximum atomic E-state index is 13.6. The Bertz CT molecular complexity index is 850. The van der Waals surface area contributed by atoms with E-state index in [1.54, 1.807) is 25.3 Å². The van der Waals surface area contributed by atoms with Gasteiger partial charge in [-0.05, 0) is 37.3 Å². The fourth-order valence-electron chi connectivity index (χ4n) is 2.29. The molecule has 3 aromatic rings. The van der Waals surface area contributed by atoms with Crippen LogP contribution in [0.25, 0.3) is 10.6 Å². The number of methoxy groups -OCH3 is 1. The van der Waals surface area contributed by atoms with Gasteiger partial charge in [0, 0.05) is 10.9 Å². The average Bonchev–Trinajstić information content (AvgIpc) is 3.10. The first kappa shape index (κ1) is 17.2. The van der Waals surface area contributed by atoms with E-state index < -0.39 is 0 Å². The Labute approximate surface area is 149 Å². The summed E-state index contributed by atoms with van der Waals surface area (Å²) in [5, 5.41) is 2.74. The van der Waals surface area contributed by atoms with Crippen LogP contribution in [0.1, 0.15) is 12.6 Å². The molecule has 0 saturated heterocycles. The molecular formula is C19H18FNO3S. The van der Waals surface area contributed by atoms with Gasteiger partial charge in [-0.3, -0.25) is 0 Å². The molecule has 25 heavy (non-hydrogen) atoms. The molecule has 0 radical (unpaired) electrons. The van der Waals surface area contributed by atoms with Crippen molar-refractivity contribution in [3.05, 3.63) is 59.4 Å². The van der Waals surface area contributed by atoms with Crippen LogP contribution in [0.2, 0.25) is 0 Å². The third-order valence-electron chi connectivity index (χ3n) is 3.47. The summed E-state index contributed by atoms with van der Waals surface area (Å²) in [5.74, 6) is 1.21. The Morgan fingerprint density at radius 3 is 2.64 bits per heavy atom. The van der Waals surface area contributed by atoms with Gasteiger partial charge in [-0.15, -0.1) is 11.3 Å². The number of thiazole rings is 1. The fourth-order valence-corrected chi connectivity index (χ4v) is 3.10. The molecule has 1 heterocycles. The molecule has 0 aliphatic carbocycles. The smallest absolute Gasteiger partial charge is 0.165 e. The molecule has 0 atom stereocenters. The Morgan fingerprint density at radius 2 is 1.88 bits per heavy atom. The summed E-state index contributed by atoms with van der Waals surface area (Å²) in [4.78, 5) is 4.55. The summed E-state index contributed by atoms with van der Waals surface area (Å²) >= 11 is 1.50. The van der Waals surface area contributed by atoms with Crippen molar-refractivity contribution in [2.75, 3.05) is 13.7 Å². The van der Waals surface area contributed by atoms with Gasteiger partial charge in [0.05, 0.1) is 19.4 Å². The van der Waals surface area contributed by atoms with E-state index in [4.69, 9.17) is 14.2 Å². The zero-order valence-electron chi connectivity index (χ0n) is 14.0. The number of rotatable bonds is 7. The molecule has 1 aromatic heterocycles. The molecule has 0 N–H and O–H groups in total. The number of halogens is 1. The number of para-hydroxylation sites is 1. The Hall–Kier alpha value is -2.60. The zero-order chi connectivity index (χ0) is 17.6. The Morgan fingerprint density at radius 1 is 1.04 bits per heavy atom. The SMILES string of the molecule is CCOc1ccc(-c2nc(COc3ccccc3F)cs2)cc1OC. The molecule has 0 spiro atoms. The molecule has 0 aliphatic rings. The van der Waals surface area contributed by atoms with E-state index in [0.717, 1.165) is 16.3 Å². The minimum absolute atomic E-state index is 0.214. The molecule has 0 fully saturated rings. The van der Waals surface area contributed by atoms with E-state index in [1.807, 2.05) is 30.5 Å². The van der Waals surface area contributed by atoms with E-state index in [0.29, 0.717) is 18.1 Å². The van der Waals surface area contributed by atoms with Gasteiger partial charge in [0.25, 0.3) is 0 Å². The van der Waals surface area contributed by atoms with E-state index in [1.165, 1.54) is 17.4 Å². The lowest BCUT2D eigenvalue weighted by molar-refractivity contribution is 0.287. The van der Waals surface area contributed by atoms with Crippen LogP contribution in [0.5, 0.6) is 17.2 Å². The van der Waals surface area contributed by atoms with Crippen molar-refractivity contribution in [1.82, 2.24) is 4.98 Å². The topological polar surface area (TPSA) is 40.6 Å². The van der Waals surface area contributed by atoms with Gasteiger partial charge in [0.2, 0.25) is 0 Å². The van der Waals surface area contributed by atoms with Crippen LogP contribution < -0.4 is 14.2 Å². The van der Waals surface area contributed by atoms with Crippen molar-refractivity contribution in [2.24, 2.45) is 0 Å². The normalized spacial score (nSPS) is 10.5. The standard InChI is InChI=1S/C19H18FNO3S/c1-3-23-17-9-8-13(10-18(17)22-2)19-21-14(12-25-19)11-24-16-7-5-4-6-15(16)20/h4-10,12H,3,11H2,1-2H3. The van der Waals surface area contributed by atoms with Gasteiger partial charge in [-0.25, -0.2) is 9.37 Å². The second-order valence-corrected chi connectivity index (χ2v) is 6.02. The van der Waals surface area contributed by atoms with Crippen molar-refractivity contribution in [1.29, 1.82) is 0 Å². The van der Waals surface area contributed by atoms with Crippen LogP contribution >= 0.6 is 11.3 Å². The zero-order valence-corrected chi connectivity index (χ0v) is 14.8. The second kappa shape index (κ2) is 7.98. The Kier molecular flexibility index (Phi) is 5.50. The van der Waals surface area contributed by atoms with Crippen molar-refractivity contribution in [2.45, 2.75) is 13.5 Å². The molecule has 3 rings (SSSR count). The van der Waals surface area contributed by atoms with Gasteiger partial charge in [-0.1, -0.05) is 12.1 Å². The van der Waals surface area contributed by atoms with E-state index >= 15 is 0 Å². The summed E-state index contributed by atoms with van der Waals surface area (Å²) in [6.07, 6.45) is 0. The maximum Gasteiger partial charge on any atom is 0.165 e. The molecule has 0 saturated carbocycles. The average molecular weight is 359 g/mol. The minimum atomic E-state index is -0.380. The van der Waals surface area contributed by atoms with Gasteiger partial charge < -0.3 is 14.2 Å². The van der Waals surface area contributed by atoms with Crippen molar-refractivity contribution in [3.8, 4) is 27.8 Å². The largest absolute Gasteiger partial charge is 0.493 e. The lowest BCUT2D eigenvalue weighted by Crippen LogP contribution is -1.97. The monoisotopic (exact) mass is 359 g/mol. The molecule has 130 valence electrons. The number of nitrogens with zero attached hydrogens (tertiary/aromatic N) is 1. The first-order valence-electron chi connectivity index (χ1n) is 7.84. The fraction of sp³-hybridized carbons (Fsp3) is 0.211. The summed E-state index contributed by atoms with van der Waals surface area (Å²) in [7, 11) is 1.61. The van der Waals surface area contributed by atoms with Crippen LogP contribution in [0, 0.1) is 5.82 Å². The van der Waals surface area contributed by atoms with Crippen LogP contribution in [0.3, 0.4) is 0 Å². The molecule has 4 nitrogen and oxygen atoms in total. The van der Waals surface area contributed by atoms with Gasteiger partial charge in [0.1, 0.15) is 11.6 Å². The number of benzene rings is 2. The van der Waals surface area contributed by atoms with E-state index in [2.05, 4.69) is 4.98 Å². The van der Waals surface area contributed by atoms with E-state index in [-0.39, 0.29) is 18.2 Å². The number of ether oxygens (including phenoxy) is 3. The van der Waals surface area contributed by atoms with Crippen LogP contribution in [0.15, 0.2) is 47.8 Å². The first-order valence-corrected chi connectivity index (χ1v) is 8.72. The summed E-state index contributed by atoms with van der Waals surface area (Å²) < 4.78 is 30.0. The lowest BCUT2D eigenvalue weighted by atomic mass is 10.2. The second-order valence-electron chi connectivity index (χ2n) is 5.16. The summed E-state index contributed by atoms with van der Waals surface area (Å²) in [6.45, 7) is 2.71. The lowest BCUT2D eigenvalue weighted by Gasteiger charge is -2.10.